The van der Waals surface area contributed by atoms with E-state index in [1.165, 1.54) is 36.7 Å². The standard InChI is InChI=1S/C13H11ClN2O3S/c14-10-1-3-12(4-2-10)20(18,19)9-13(17)16-11-5-7-15-8-6-11/h1-8H,9H2,(H,15,16,17). The molecule has 7 heteroatoms. The van der Waals surface area contributed by atoms with Gasteiger partial charge in [0.15, 0.2) is 9.84 Å². The molecule has 0 radical (unpaired) electrons. The van der Waals surface area contributed by atoms with Gasteiger partial charge in [-0.25, -0.2) is 8.42 Å². The van der Waals surface area contributed by atoms with Crippen LogP contribution in [0.1, 0.15) is 0 Å². The van der Waals surface area contributed by atoms with Gasteiger partial charge in [0.25, 0.3) is 0 Å². The van der Waals surface area contributed by atoms with Crippen molar-refractivity contribution in [3.8, 4) is 0 Å². The highest BCUT2D eigenvalue weighted by Crippen LogP contribution is 2.15. The second-order valence-corrected chi connectivity index (χ2v) is 6.42. The fourth-order valence-electron chi connectivity index (χ4n) is 1.53. The lowest BCUT2D eigenvalue weighted by atomic mass is 10.4. The van der Waals surface area contributed by atoms with E-state index in [0.29, 0.717) is 10.7 Å². The molecule has 0 aliphatic carbocycles. The van der Waals surface area contributed by atoms with E-state index in [2.05, 4.69) is 10.3 Å². The monoisotopic (exact) mass is 310 g/mol. The summed E-state index contributed by atoms with van der Waals surface area (Å²) in [6.45, 7) is 0. The first-order valence-corrected chi connectivity index (χ1v) is 7.68. The molecule has 5 nitrogen and oxygen atoms in total. The van der Waals surface area contributed by atoms with Gasteiger partial charge in [-0.3, -0.25) is 9.78 Å². The lowest BCUT2D eigenvalue weighted by molar-refractivity contribution is -0.113. The number of amides is 1. The van der Waals surface area contributed by atoms with Gasteiger partial charge in [-0.05, 0) is 36.4 Å². The largest absolute Gasteiger partial charge is 0.325 e. The average Bonchev–Trinajstić information content (AvgIpc) is 2.39. The molecule has 0 spiro atoms. The third kappa shape index (κ3) is 3.79. The van der Waals surface area contributed by atoms with Crippen LogP contribution in [0.4, 0.5) is 5.69 Å². The molecular weight excluding hydrogens is 300 g/mol. The Balaban J connectivity index is 2.08. The van der Waals surface area contributed by atoms with Crippen LogP contribution in [0, 0.1) is 0 Å². The van der Waals surface area contributed by atoms with E-state index in [9.17, 15) is 13.2 Å². The number of benzene rings is 1. The molecule has 2 aromatic rings. The van der Waals surface area contributed by atoms with Crippen LogP contribution in [0.15, 0.2) is 53.7 Å². The molecule has 1 aromatic carbocycles. The molecular formula is C13H11ClN2O3S. The second kappa shape index (κ2) is 6.02. The number of nitrogens with zero attached hydrogens (tertiary/aromatic N) is 1. The number of nitrogens with one attached hydrogen (secondary N) is 1. The number of aromatic nitrogens is 1. The molecule has 0 saturated heterocycles. The van der Waals surface area contributed by atoms with Crippen molar-refractivity contribution in [2.24, 2.45) is 0 Å². The van der Waals surface area contributed by atoms with Crippen LogP contribution in [-0.2, 0) is 14.6 Å². The van der Waals surface area contributed by atoms with Gasteiger partial charge >= 0.3 is 0 Å². The summed E-state index contributed by atoms with van der Waals surface area (Å²) < 4.78 is 24.1. The zero-order chi connectivity index (χ0) is 14.6. The molecule has 1 aromatic heterocycles. The maximum absolute atomic E-state index is 12.0. The smallest absolute Gasteiger partial charge is 0.239 e. The summed E-state index contributed by atoms with van der Waals surface area (Å²) in [5.41, 5.74) is 0.497. The molecule has 0 fully saturated rings. The normalized spacial score (nSPS) is 11.1. The molecule has 0 aliphatic rings. The van der Waals surface area contributed by atoms with E-state index >= 15 is 0 Å². The number of rotatable bonds is 4. The maximum atomic E-state index is 12.0. The van der Waals surface area contributed by atoms with Crippen LogP contribution in [0.3, 0.4) is 0 Å². The Morgan fingerprint density at radius 2 is 1.70 bits per heavy atom. The minimum Gasteiger partial charge on any atom is -0.325 e. The van der Waals surface area contributed by atoms with Crippen molar-refractivity contribution < 1.29 is 13.2 Å². The first-order valence-electron chi connectivity index (χ1n) is 5.65. The number of halogens is 1. The summed E-state index contributed by atoms with van der Waals surface area (Å²) in [6.07, 6.45) is 3.01. The van der Waals surface area contributed by atoms with Gasteiger partial charge in [0.05, 0.1) is 4.90 Å². The summed E-state index contributed by atoms with van der Waals surface area (Å²) in [5.74, 6) is -1.23. The maximum Gasteiger partial charge on any atom is 0.239 e. The summed E-state index contributed by atoms with van der Waals surface area (Å²) in [7, 11) is -3.68. The second-order valence-electron chi connectivity index (χ2n) is 4.00. The summed E-state index contributed by atoms with van der Waals surface area (Å²) in [6, 6.07) is 8.83. The van der Waals surface area contributed by atoms with Gasteiger partial charge in [-0.1, -0.05) is 11.6 Å². The summed E-state index contributed by atoms with van der Waals surface area (Å²) >= 11 is 5.69. The topological polar surface area (TPSA) is 76.1 Å². The Bertz CT molecular complexity index is 700. The van der Waals surface area contributed by atoms with Crippen molar-refractivity contribution in [3.63, 3.8) is 0 Å². The number of pyridine rings is 1. The van der Waals surface area contributed by atoms with Crippen LogP contribution >= 0.6 is 11.6 Å². The molecule has 0 atom stereocenters. The first kappa shape index (κ1) is 14.5. The molecule has 2 rings (SSSR count). The molecule has 1 heterocycles. The van der Waals surface area contributed by atoms with Crippen molar-refractivity contribution in [3.05, 3.63) is 53.8 Å². The zero-order valence-corrected chi connectivity index (χ0v) is 11.9. The quantitative estimate of drug-likeness (QED) is 0.938. The molecule has 20 heavy (non-hydrogen) atoms. The van der Waals surface area contributed by atoms with Crippen molar-refractivity contribution in [1.82, 2.24) is 4.98 Å². The number of hydrogen-bond donors (Lipinski definition) is 1. The molecule has 1 N–H and O–H groups in total. The van der Waals surface area contributed by atoms with Crippen molar-refractivity contribution in [2.45, 2.75) is 4.90 Å². The molecule has 1 amide bonds. The van der Waals surface area contributed by atoms with E-state index in [1.54, 1.807) is 12.1 Å². The van der Waals surface area contributed by atoms with E-state index in [4.69, 9.17) is 11.6 Å². The number of anilines is 1. The molecule has 104 valence electrons. The van der Waals surface area contributed by atoms with Gasteiger partial charge in [0.2, 0.25) is 5.91 Å². The number of carbonyl (C=O) groups is 1. The Labute approximate surface area is 121 Å². The minimum absolute atomic E-state index is 0.0618. The Kier molecular flexibility index (Phi) is 4.36. The van der Waals surface area contributed by atoms with Crippen LogP contribution in [0.25, 0.3) is 0 Å². The van der Waals surface area contributed by atoms with Crippen LogP contribution in [-0.4, -0.2) is 25.1 Å². The highest BCUT2D eigenvalue weighted by Gasteiger charge is 2.19. The molecule has 0 aliphatic heterocycles. The predicted octanol–water partition coefficient (Wildman–Crippen LogP) is 2.15. The fourth-order valence-corrected chi connectivity index (χ4v) is 2.79. The highest BCUT2D eigenvalue weighted by molar-refractivity contribution is 7.92. The van der Waals surface area contributed by atoms with Gasteiger partial charge in [0.1, 0.15) is 5.75 Å². The zero-order valence-electron chi connectivity index (χ0n) is 10.3. The molecule has 0 saturated carbocycles. The van der Waals surface area contributed by atoms with Crippen LogP contribution in [0.5, 0.6) is 0 Å². The first-order chi connectivity index (χ1) is 9.47. The number of sulfone groups is 1. The Morgan fingerprint density at radius 3 is 2.30 bits per heavy atom. The SMILES string of the molecule is O=C(CS(=O)(=O)c1ccc(Cl)cc1)Nc1ccncc1. The van der Waals surface area contributed by atoms with E-state index in [1.807, 2.05) is 0 Å². The highest BCUT2D eigenvalue weighted by atomic mass is 35.5. The molecule has 0 bridgehead atoms. The van der Waals surface area contributed by atoms with Gasteiger partial charge in [0, 0.05) is 23.1 Å². The third-order valence-electron chi connectivity index (χ3n) is 2.46. The van der Waals surface area contributed by atoms with Crippen LogP contribution < -0.4 is 5.32 Å². The summed E-state index contributed by atoms with van der Waals surface area (Å²) in [4.78, 5) is 15.6. The fraction of sp³-hybridized carbons (Fsp3) is 0.0769. The Morgan fingerprint density at radius 1 is 1.10 bits per heavy atom. The number of carbonyl (C=O) groups excluding carboxylic acids is 1. The average molecular weight is 311 g/mol. The van der Waals surface area contributed by atoms with Gasteiger partial charge in [-0.2, -0.15) is 0 Å². The lowest BCUT2D eigenvalue weighted by Gasteiger charge is -2.06. The van der Waals surface area contributed by atoms with Crippen LogP contribution in [0.2, 0.25) is 5.02 Å². The minimum atomic E-state index is -3.68. The van der Waals surface area contributed by atoms with Gasteiger partial charge in [-0.15, -0.1) is 0 Å². The van der Waals surface area contributed by atoms with E-state index in [0.717, 1.165) is 0 Å². The van der Waals surface area contributed by atoms with E-state index < -0.39 is 21.5 Å². The predicted molar refractivity (Wildman–Crippen MR) is 76.4 cm³/mol. The number of hydrogen-bond acceptors (Lipinski definition) is 4. The third-order valence-corrected chi connectivity index (χ3v) is 4.34. The Hall–Kier alpha value is -1.92. The van der Waals surface area contributed by atoms with Crippen molar-refractivity contribution in [2.75, 3.05) is 11.1 Å². The van der Waals surface area contributed by atoms with Gasteiger partial charge < -0.3 is 5.32 Å². The van der Waals surface area contributed by atoms with Crippen molar-refractivity contribution in [1.29, 1.82) is 0 Å². The molecule has 0 unspecified atom stereocenters. The lowest BCUT2D eigenvalue weighted by Crippen LogP contribution is -2.23. The summed E-state index contributed by atoms with van der Waals surface area (Å²) in [5, 5.41) is 2.93. The van der Waals surface area contributed by atoms with Crippen molar-refractivity contribution >= 4 is 33.0 Å². The van der Waals surface area contributed by atoms with E-state index in [-0.39, 0.29) is 4.90 Å².